The Kier molecular flexibility index (Phi) is 4.91. The molecule has 0 heterocycles. The summed E-state index contributed by atoms with van der Waals surface area (Å²) in [5.41, 5.74) is 3.37. The van der Waals surface area contributed by atoms with Gasteiger partial charge in [-0.25, -0.2) is 0 Å². The van der Waals surface area contributed by atoms with Crippen LogP contribution in [0.1, 0.15) is 23.1 Å². The summed E-state index contributed by atoms with van der Waals surface area (Å²) in [6, 6.07) is 6.00. The molecule has 76 valence electrons. The first-order valence-electron chi connectivity index (χ1n) is 4.71. The Labute approximate surface area is 93.6 Å². The fraction of sp³-hybridized carbons (Fsp3) is 0.333. The minimum atomic E-state index is 0.117. The first kappa shape index (κ1) is 11.5. The number of benzene rings is 1. The van der Waals surface area contributed by atoms with Crippen LogP contribution in [0.4, 0.5) is 0 Å². The van der Waals surface area contributed by atoms with Gasteiger partial charge < -0.3 is 5.11 Å². The molecule has 0 saturated heterocycles. The molecule has 1 aromatic carbocycles. The molecule has 0 aromatic heterocycles. The zero-order chi connectivity index (χ0) is 10.4. The quantitative estimate of drug-likeness (QED) is 0.818. The monoisotopic (exact) mass is 254 g/mol. The van der Waals surface area contributed by atoms with Gasteiger partial charge in [-0.1, -0.05) is 46.3 Å². The summed E-state index contributed by atoms with van der Waals surface area (Å²) in [5, 5.41) is 10.1. The van der Waals surface area contributed by atoms with Gasteiger partial charge in [0.1, 0.15) is 0 Å². The summed E-state index contributed by atoms with van der Waals surface area (Å²) < 4.78 is 0. The van der Waals surface area contributed by atoms with Crippen molar-refractivity contribution in [3.05, 3.63) is 41.0 Å². The molecular formula is C12H15BrO. The van der Waals surface area contributed by atoms with Gasteiger partial charge in [-0.2, -0.15) is 0 Å². The lowest BCUT2D eigenvalue weighted by Crippen LogP contribution is -1.90. The van der Waals surface area contributed by atoms with E-state index in [0.717, 1.165) is 17.3 Å². The summed E-state index contributed by atoms with van der Waals surface area (Å²) in [4.78, 5) is 0. The van der Waals surface area contributed by atoms with Crippen LogP contribution in [0.2, 0.25) is 0 Å². The van der Waals surface area contributed by atoms with Crippen molar-refractivity contribution >= 4 is 22.0 Å². The minimum absolute atomic E-state index is 0.117. The number of hydrogen-bond donors (Lipinski definition) is 1. The van der Waals surface area contributed by atoms with Crippen molar-refractivity contribution in [2.45, 2.75) is 20.0 Å². The molecule has 0 aliphatic rings. The van der Waals surface area contributed by atoms with Crippen molar-refractivity contribution in [2.24, 2.45) is 0 Å². The predicted molar refractivity (Wildman–Crippen MR) is 64.5 cm³/mol. The molecule has 0 fully saturated rings. The second-order valence-corrected chi connectivity index (χ2v) is 3.96. The smallest absolute Gasteiger partial charge is 0.0684 e. The minimum Gasteiger partial charge on any atom is -0.392 e. The van der Waals surface area contributed by atoms with Gasteiger partial charge in [0, 0.05) is 5.33 Å². The Morgan fingerprint density at radius 2 is 2.21 bits per heavy atom. The van der Waals surface area contributed by atoms with Gasteiger partial charge in [-0.15, -0.1) is 0 Å². The highest BCUT2D eigenvalue weighted by Crippen LogP contribution is 2.15. The normalized spacial score (nSPS) is 11.1. The number of alkyl halides is 1. The maximum Gasteiger partial charge on any atom is 0.0684 e. The van der Waals surface area contributed by atoms with Crippen LogP contribution in [0.25, 0.3) is 6.08 Å². The molecule has 1 N–H and O–H groups in total. The third kappa shape index (κ3) is 2.96. The standard InChI is InChI=1S/C12H15BrO/c1-10-11(5-2-3-8-13)6-4-7-12(10)9-14/h2,4-7,14H,3,8-9H2,1H3. The van der Waals surface area contributed by atoms with Crippen molar-refractivity contribution in [2.75, 3.05) is 5.33 Å². The van der Waals surface area contributed by atoms with Crippen LogP contribution < -0.4 is 0 Å². The van der Waals surface area contributed by atoms with Gasteiger partial charge in [0.05, 0.1) is 6.61 Å². The zero-order valence-electron chi connectivity index (χ0n) is 8.33. The van der Waals surface area contributed by atoms with Crippen LogP contribution in [0.3, 0.4) is 0 Å². The summed E-state index contributed by atoms with van der Waals surface area (Å²) >= 11 is 3.38. The van der Waals surface area contributed by atoms with E-state index in [-0.39, 0.29) is 6.61 Å². The average molecular weight is 255 g/mol. The van der Waals surface area contributed by atoms with Crippen LogP contribution in [0.15, 0.2) is 24.3 Å². The lowest BCUT2D eigenvalue weighted by atomic mass is 10.0. The van der Waals surface area contributed by atoms with Crippen molar-refractivity contribution < 1.29 is 5.11 Å². The molecule has 0 unspecified atom stereocenters. The molecule has 0 saturated carbocycles. The largest absolute Gasteiger partial charge is 0.392 e. The topological polar surface area (TPSA) is 20.2 Å². The number of allylic oxidation sites excluding steroid dienone is 1. The van der Waals surface area contributed by atoms with E-state index in [0.29, 0.717) is 0 Å². The Bertz CT molecular complexity index is 318. The molecule has 0 aliphatic heterocycles. The maximum absolute atomic E-state index is 9.08. The van der Waals surface area contributed by atoms with Crippen LogP contribution in [0.5, 0.6) is 0 Å². The van der Waals surface area contributed by atoms with Gasteiger partial charge in [-0.05, 0) is 30.0 Å². The van der Waals surface area contributed by atoms with E-state index in [1.807, 2.05) is 19.1 Å². The molecule has 0 bridgehead atoms. The lowest BCUT2D eigenvalue weighted by Gasteiger charge is -2.05. The maximum atomic E-state index is 9.08. The molecule has 1 aromatic rings. The third-order valence-electron chi connectivity index (χ3n) is 2.23. The van der Waals surface area contributed by atoms with E-state index >= 15 is 0 Å². The molecule has 14 heavy (non-hydrogen) atoms. The highest BCUT2D eigenvalue weighted by molar-refractivity contribution is 9.09. The Balaban J connectivity index is 2.86. The van der Waals surface area contributed by atoms with Crippen LogP contribution in [-0.4, -0.2) is 10.4 Å². The van der Waals surface area contributed by atoms with Crippen molar-refractivity contribution in [3.63, 3.8) is 0 Å². The van der Waals surface area contributed by atoms with Crippen LogP contribution in [0, 0.1) is 6.92 Å². The SMILES string of the molecule is Cc1c(C=CCCBr)cccc1CO. The lowest BCUT2D eigenvalue weighted by molar-refractivity contribution is 0.281. The number of aliphatic hydroxyl groups is 1. The molecule has 2 heteroatoms. The summed E-state index contributed by atoms with van der Waals surface area (Å²) in [6.07, 6.45) is 5.27. The molecule has 0 aliphatic carbocycles. The summed E-state index contributed by atoms with van der Waals surface area (Å²) in [7, 11) is 0. The molecule has 0 amide bonds. The average Bonchev–Trinajstić information content (AvgIpc) is 2.21. The van der Waals surface area contributed by atoms with Gasteiger partial charge in [0.25, 0.3) is 0 Å². The van der Waals surface area contributed by atoms with E-state index < -0.39 is 0 Å². The Morgan fingerprint density at radius 1 is 1.43 bits per heavy atom. The van der Waals surface area contributed by atoms with Crippen molar-refractivity contribution in [1.82, 2.24) is 0 Å². The van der Waals surface area contributed by atoms with E-state index in [4.69, 9.17) is 5.11 Å². The molecule has 1 nitrogen and oxygen atoms in total. The summed E-state index contributed by atoms with van der Waals surface area (Å²) in [5.74, 6) is 0. The van der Waals surface area contributed by atoms with Crippen LogP contribution >= 0.6 is 15.9 Å². The highest BCUT2D eigenvalue weighted by atomic mass is 79.9. The Morgan fingerprint density at radius 3 is 2.86 bits per heavy atom. The molecule has 0 spiro atoms. The third-order valence-corrected chi connectivity index (χ3v) is 2.69. The van der Waals surface area contributed by atoms with Crippen molar-refractivity contribution in [3.8, 4) is 0 Å². The van der Waals surface area contributed by atoms with Gasteiger partial charge in [-0.3, -0.25) is 0 Å². The number of aliphatic hydroxyl groups excluding tert-OH is 1. The fourth-order valence-electron chi connectivity index (χ4n) is 1.33. The molecular weight excluding hydrogens is 240 g/mol. The highest BCUT2D eigenvalue weighted by Gasteiger charge is 1.99. The fourth-order valence-corrected chi connectivity index (χ4v) is 1.59. The number of hydrogen-bond acceptors (Lipinski definition) is 1. The number of rotatable bonds is 4. The molecule has 1 rings (SSSR count). The van der Waals surface area contributed by atoms with E-state index in [1.165, 1.54) is 11.1 Å². The van der Waals surface area contributed by atoms with Gasteiger partial charge in [0.15, 0.2) is 0 Å². The first-order chi connectivity index (χ1) is 6.79. The van der Waals surface area contributed by atoms with Gasteiger partial charge in [0.2, 0.25) is 0 Å². The first-order valence-corrected chi connectivity index (χ1v) is 5.83. The van der Waals surface area contributed by atoms with E-state index in [2.05, 4.69) is 34.1 Å². The van der Waals surface area contributed by atoms with Crippen LogP contribution in [-0.2, 0) is 6.61 Å². The second-order valence-electron chi connectivity index (χ2n) is 3.17. The number of halogens is 1. The van der Waals surface area contributed by atoms with Gasteiger partial charge >= 0.3 is 0 Å². The molecule has 0 radical (unpaired) electrons. The predicted octanol–water partition coefficient (Wildman–Crippen LogP) is 3.29. The van der Waals surface area contributed by atoms with Crippen molar-refractivity contribution in [1.29, 1.82) is 0 Å². The Hall–Kier alpha value is -0.600. The van der Waals surface area contributed by atoms with E-state index in [1.54, 1.807) is 0 Å². The zero-order valence-corrected chi connectivity index (χ0v) is 9.92. The summed E-state index contributed by atoms with van der Waals surface area (Å²) in [6.45, 7) is 2.16. The molecule has 0 atom stereocenters. The second kappa shape index (κ2) is 5.99. The van der Waals surface area contributed by atoms with E-state index in [9.17, 15) is 0 Å².